The van der Waals surface area contributed by atoms with E-state index in [4.69, 9.17) is 21.1 Å². The van der Waals surface area contributed by atoms with E-state index in [9.17, 15) is 22.3 Å². The molecule has 4 rings (SSSR count). The molecule has 2 unspecified atom stereocenters. The van der Waals surface area contributed by atoms with Crippen LogP contribution in [0.3, 0.4) is 0 Å². The zero-order valence-corrected chi connectivity index (χ0v) is 35.6. The maximum atomic E-state index is 13.7. The molecule has 2 heterocycles. The van der Waals surface area contributed by atoms with Crippen LogP contribution in [-0.4, -0.2) is 66.8 Å². The zero-order chi connectivity index (χ0) is 41.0. The molecule has 0 saturated heterocycles. The molecular formula is C44H62N2O8PS+. The van der Waals surface area contributed by atoms with E-state index >= 15 is 0 Å². The fourth-order valence-electron chi connectivity index (χ4n) is 8.19. The molecule has 2 aliphatic rings. The monoisotopic (exact) mass is 809 g/mol. The minimum atomic E-state index is -4.49. The Morgan fingerprint density at radius 3 is 2.30 bits per heavy atom. The van der Waals surface area contributed by atoms with Crippen LogP contribution in [0.4, 0.5) is 11.4 Å². The van der Waals surface area contributed by atoms with Crippen molar-refractivity contribution in [3.8, 4) is 0 Å². The van der Waals surface area contributed by atoms with E-state index in [0.717, 1.165) is 56.5 Å². The van der Waals surface area contributed by atoms with Crippen molar-refractivity contribution in [1.29, 1.82) is 0 Å². The van der Waals surface area contributed by atoms with Crippen LogP contribution in [-0.2, 0) is 39.4 Å². The number of hydrogen-bond donors (Lipinski definition) is 2. The summed E-state index contributed by atoms with van der Waals surface area (Å²) in [5.41, 5.74) is 5.03. The van der Waals surface area contributed by atoms with Crippen LogP contribution in [0.5, 0.6) is 0 Å². The highest BCUT2D eigenvalue weighted by atomic mass is 32.2. The van der Waals surface area contributed by atoms with E-state index in [1.165, 1.54) is 29.1 Å². The number of nitrogens with zero attached hydrogens (tertiary/aromatic N) is 2. The minimum Gasteiger partial charge on any atom is -0.481 e. The second-order valence-electron chi connectivity index (χ2n) is 15.0. The molecule has 2 radical (unpaired) electrons. The van der Waals surface area contributed by atoms with E-state index in [0.29, 0.717) is 37.8 Å². The highest BCUT2D eigenvalue weighted by Gasteiger charge is 2.47. The maximum Gasteiger partial charge on any atom is 0.330 e. The smallest absolute Gasteiger partial charge is 0.330 e. The Kier molecular flexibility index (Phi) is 16.5. The molecule has 12 heteroatoms. The van der Waals surface area contributed by atoms with Gasteiger partial charge in [0.05, 0.1) is 29.7 Å². The number of carboxylic acid groups (broad SMARTS) is 1. The first-order chi connectivity index (χ1) is 26.7. The third-order valence-corrected chi connectivity index (χ3v) is 14.0. The average molecular weight is 810 g/mol. The van der Waals surface area contributed by atoms with Crippen molar-refractivity contribution in [2.45, 2.75) is 121 Å². The molecule has 2 aromatic carbocycles. The highest BCUT2D eigenvalue weighted by molar-refractivity contribution is 7.85. The zero-order valence-electron chi connectivity index (χ0n) is 33.9. The summed E-state index contributed by atoms with van der Waals surface area (Å²) in [4.78, 5) is 13.1. The number of benzene rings is 2. The van der Waals surface area contributed by atoms with Crippen molar-refractivity contribution in [2.24, 2.45) is 0 Å². The predicted octanol–water partition coefficient (Wildman–Crippen LogP) is 10.4. The summed E-state index contributed by atoms with van der Waals surface area (Å²) in [5.74, 6) is -0.760. The van der Waals surface area contributed by atoms with Crippen LogP contribution in [0, 0.1) is 6.92 Å². The van der Waals surface area contributed by atoms with Crippen molar-refractivity contribution in [3.63, 3.8) is 0 Å². The van der Waals surface area contributed by atoms with Crippen LogP contribution >= 0.6 is 7.60 Å². The number of anilines is 1. The molecule has 0 fully saturated rings. The lowest BCUT2D eigenvalue weighted by Gasteiger charge is -2.31. The lowest BCUT2D eigenvalue weighted by molar-refractivity contribution is -0.438. The minimum absolute atomic E-state index is 0.105. The van der Waals surface area contributed by atoms with Crippen molar-refractivity contribution in [1.82, 2.24) is 0 Å². The molecule has 0 bridgehead atoms. The molecule has 2 aliphatic heterocycles. The lowest BCUT2D eigenvalue weighted by Crippen LogP contribution is -2.31. The van der Waals surface area contributed by atoms with Crippen LogP contribution < -0.4 is 4.90 Å². The van der Waals surface area contributed by atoms with Crippen molar-refractivity contribution >= 4 is 40.8 Å². The molecule has 0 aromatic heterocycles. The van der Waals surface area contributed by atoms with Gasteiger partial charge in [0.25, 0.3) is 10.1 Å². The normalized spacial score (nSPS) is 20.6. The molecule has 0 aliphatic carbocycles. The van der Waals surface area contributed by atoms with Gasteiger partial charge in [-0.2, -0.15) is 13.0 Å². The Bertz CT molecular complexity index is 1940. The van der Waals surface area contributed by atoms with Gasteiger partial charge in [-0.25, -0.2) is 0 Å². The van der Waals surface area contributed by atoms with Crippen LogP contribution in [0.1, 0.15) is 116 Å². The Labute approximate surface area is 335 Å². The Morgan fingerprint density at radius 1 is 0.911 bits per heavy atom. The molecule has 2 N–H and O–H groups in total. The number of fused-ring (bicyclic) bond motifs is 2. The van der Waals surface area contributed by atoms with Crippen molar-refractivity contribution in [3.05, 3.63) is 96.6 Å². The topological polar surface area (TPSA) is 133 Å². The van der Waals surface area contributed by atoms with E-state index < -0.39 is 29.1 Å². The van der Waals surface area contributed by atoms with Gasteiger partial charge in [0.2, 0.25) is 5.69 Å². The first kappa shape index (κ1) is 45.4. The number of carbonyl (C=O) groups is 1. The summed E-state index contributed by atoms with van der Waals surface area (Å²) >= 11 is 0. The summed E-state index contributed by atoms with van der Waals surface area (Å²) in [6, 6.07) is 13.2. The van der Waals surface area contributed by atoms with Crippen LogP contribution in [0.15, 0.2) is 83.4 Å². The highest BCUT2D eigenvalue weighted by Crippen LogP contribution is 2.56. The van der Waals surface area contributed by atoms with E-state index in [1.807, 2.05) is 25.2 Å². The molecule has 0 amide bonds. The fraction of sp³-hybridized carbons (Fsp3) is 0.523. The summed E-state index contributed by atoms with van der Waals surface area (Å²) < 4.78 is 62.1. The average Bonchev–Trinajstić information content (AvgIpc) is 3.53. The maximum absolute atomic E-state index is 13.7. The number of aliphatic carboxylic acids is 1. The van der Waals surface area contributed by atoms with Gasteiger partial charge >= 0.3 is 13.6 Å². The summed E-state index contributed by atoms with van der Waals surface area (Å²) in [7, 11) is -7.94. The second-order valence-corrected chi connectivity index (χ2v) is 18.7. The molecular weight excluding hydrogens is 748 g/mol. The quantitative estimate of drug-likeness (QED) is 0.0349. The number of carboxylic acids is 1. The van der Waals surface area contributed by atoms with E-state index in [2.05, 4.69) is 59.7 Å². The van der Waals surface area contributed by atoms with Gasteiger partial charge in [-0.05, 0) is 103 Å². The van der Waals surface area contributed by atoms with Gasteiger partial charge in [0.15, 0.2) is 5.71 Å². The molecule has 2 atom stereocenters. The molecule has 0 spiro atoms. The lowest BCUT2D eigenvalue weighted by atomic mass is 9.75. The Morgan fingerprint density at radius 2 is 1.64 bits per heavy atom. The number of rotatable bonds is 24. The van der Waals surface area contributed by atoms with E-state index in [1.54, 1.807) is 19.9 Å². The largest absolute Gasteiger partial charge is 0.481 e. The number of unbranched alkanes of at least 4 members (excludes halogenated alkanes) is 5. The van der Waals surface area contributed by atoms with Gasteiger partial charge in [-0.15, -0.1) is 0 Å². The Hall–Kier alpha value is -3.34. The van der Waals surface area contributed by atoms with Crippen molar-refractivity contribution in [2.75, 3.05) is 37.4 Å². The third kappa shape index (κ3) is 10.8. The van der Waals surface area contributed by atoms with Gasteiger partial charge in [-0.1, -0.05) is 62.6 Å². The van der Waals surface area contributed by atoms with Crippen LogP contribution in [0.2, 0.25) is 0 Å². The standard InChI is InChI=1S/C44H61N2O8PS/c1-7-11-21-32-46-38-23-19-18-22-36(38)43(5,29-20-14-17-26-42(47)48)40(46)24-15-13-16-25-41-44(6,30-33-55(49,53-9-3)54-10-4)37-34-35(56(50,51)52)27-28-39(37)45(41)31-12-8-2/h2,13,15-16,18-19,22-25,27-28,34H,7-12,14,17,20-21,26,29-33H2,1,3-6H3,(H-,47,48,50,51,52)/p+1. The number of allylic oxidation sites excluding steroid dienone is 6. The first-order valence-electron chi connectivity index (χ1n) is 20.2. The van der Waals surface area contributed by atoms with Gasteiger partial charge < -0.3 is 19.1 Å². The molecule has 2 aromatic rings. The second kappa shape index (κ2) is 20.4. The number of para-hydroxylation sites is 1. The Balaban J connectivity index is 1.76. The molecule has 0 saturated carbocycles. The summed E-state index contributed by atoms with van der Waals surface area (Å²) in [6.07, 6.45) is 18.6. The predicted molar refractivity (Wildman–Crippen MR) is 225 cm³/mol. The van der Waals surface area contributed by atoms with E-state index in [-0.39, 0.29) is 36.1 Å². The van der Waals surface area contributed by atoms with Gasteiger partial charge in [-0.3, -0.25) is 13.9 Å². The van der Waals surface area contributed by atoms with Gasteiger partial charge in [0.1, 0.15) is 6.54 Å². The SMILES string of the molecule is [CH]CCCN1\C(=C/C=C/C=C/C2=[N+](CCCCC)c3ccccc3C2(C)CCCCCC(=O)O)C(C)(CCP(=O)(OCC)OCC)c2cc(S(=O)(=O)O)ccc21. The molecule has 306 valence electrons. The molecule has 10 nitrogen and oxygen atoms in total. The third-order valence-electron chi connectivity index (χ3n) is 11.1. The fourth-order valence-corrected chi connectivity index (χ4v) is 10.5. The molecule has 56 heavy (non-hydrogen) atoms. The number of hydrogen-bond acceptors (Lipinski definition) is 7. The van der Waals surface area contributed by atoms with Crippen molar-refractivity contribution < 1.29 is 41.1 Å². The van der Waals surface area contributed by atoms with Gasteiger partial charge in [0, 0.05) is 53.9 Å². The first-order valence-corrected chi connectivity index (χ1v) is 23.4. The summed E-state index contributed by atoms with van der Waals surface area (Å²) in [5, 5.41) is 9.17. The van der Waals surface area contributed by atoms with Crippen LogP contribution in [0.25, 0.3) is 0 Å². The summed E-state index contributed by atoms with van der Waals surface area (Å²) in [6.45, 7) is 18.0.